The summed E-state index contributed by atoms with van der Waals surface area (Å²) in [6.45, 7) is 5.01. The van der Waals surface area contributed by atoms with Crippen molar-refractivity contribution in [3.8, 4) is 34.5 Å². The Morgan fingerprint density at radius 1 is 0.500 bits per heavy atom. The number of fused-ring (bicyclic) bond motifs is 4. The average Bonchev–Trinajstić information content (AvgIpc) is 2.85. The van der Waals surface area contributed by atoms with E-state index in [9.17, 15) is 0 Å². The van der Waals surface area contributed by atoms with E-state index in [1.54, 1.807) is 28.4 Å². The van der Waals surface area contributed by atoms with Crippen molar-refractivity contribution in [3.63, 3.8) is 0 Å². The molecule has 176 valence electrons. The van der Waals surface area contributed by atoms with E-state index < -0.39 is 0 Å². The molecule has 0 heterocycles. The maximum absolute atomic E-state index is 6.03. The van der Waals surface area contributed by atoms with Crippen molar-refractivity contribution < 1.29 is 28.4 Å². The predicted molar refractivity (Wildman–Crippen MR) is 132 cm³/mol. The molecular formula is C28H28O6. The molecule has 0 radical (unpaired) electrons. The number of hydrogen-bond acceptors (Lipinski definition) is 6. The molecule has 0 unspecified atom stereocenters. The van der Waals surface area contributed by atoms with E-state index in [1.165, 1.54) is 0 Å². The first-order valence-electron chi connectivity index (χ1n) is 11.3. The summed E-state index contributed by atoms with van der Waals surface area (Å²) in [5, 5.41) is 7.27. The zero-order valence-electron chi connectivity index (χ0n) is 20.3. The molecule has 4 aromatic rings. The summed E-state index contributed by atoms with van der Waals surface area (Å²) in [4.78, 5) is 0. The summed E-state index contributed by atoms with van der Waals surface area (Å²) in [5.74, 6) is 4.43. The Hall–Kier alpha value is -3.80. The zero-order chi connectivity index (χ0) is 24.0. The largest absolute Gasteiger partial charge is 0.495 e. The minimum atomic E-state index is 0.539. The molecule has 6 heteroatoms. The number of methoxy groups -OCH3 is 4. The van der Waals surface area contributed by atoms with Crippen LogP contribution in [0.2, 0.25) is 0 Å². The van der Waals surface area contributed by atoms with Gasteiger partial charge < -0.3 is 28.4 Å². The normalized spacial score (nSPS) is 11.5. The molecule has 0 aromatic heterocycles. The van der Waals surface area contributed by atoms with Gasteiger partial charge in [-0.1, -0.05) is 24.3 Å². The van der Waals surface area contributed by atoms with Crippen LogP contribution in [-0.4, -0.2) is 41.7 Å². The third-order valence-corrected chi connectivity index (χ3v) is 6.32. The second kappa shape index (κ2) is 8.52. The molecule has 0 atom stereocenters. The van der Waals surface area contributed by atoms with Crippen LogP contribution >= 0.6 is 0 Å². The minimum Gasteiger partial charge on any atom is -0.495 e. The average molecular weight is 461 g/mol. The highest BCUT2D eigenvalue weighted by Crippen LogP contribution is 2.49. The lowest BCUT2D eigenvalue weighted by Crippen LogP contribution is -2.06. The summed E-state index contributed by atoms with van der Waals surface area (Å²) < 4.78 is 36.0. The van der Waals surface area contributed by atoms with E-state index in [0.717, 1.165) is 76.9 Å². The molecule has 0 spiro atoms. The van der Waals surface area contributed by atoms with Crippen LogP contribution in [0.15, 0.2) is 36.4 Å². The van der Waals surface area contributed by atoms with Gasteiger partial charge in [0.25, 0.3) is 0 Å². The van der Waals surface area contributed by atoms with Crippen LogP contribution in [0.4, 0.5) is 0 Å². The lowest BCUT2D eigenvalue weighted by Gasteiger charge is -2.23. The first-order valence-corrected chi connectivity index (χ1v) is 11.3. The topological polar surface area (TPSA) is 55.4 Å². The summed E-state index contributed by atoms with van der Waals surface area (Å²) >= 11 is 0. The Balaban J connectivity index is 2.14. The van der Waals surface area contributed by atoms with Gasteiger partial charge in [-0.3, -0.25) is 0 Å². The Bertz CT molecular complexity index is 1500. The van der Waals surface area contributed by atoms with Crippen LogP contribution < -0.4 is 28.4 Å². The van der Waals surface area contributed by atoms with Gasteiger partial charge in [-0.2, -0.15) is 0 Å². The summed E-state index contributed by atoms with van der Waals surface area (Å²) in [5.41, 5.74) is 0. The van der Waals surface area contributed by atoms with Gasteiger partial charge in [-0.25, -0.2) is 0 Å². The van der Waals surface area contributed by atoms with Gasteiger partial charge in [0.05, 0.1) is 52.4 Å². The molecule has 1 aliphatic rings. The molecule has 34 heavy (non-hydrogen) atoms. The molecule has 0 amide bonds. The minimum absolute atomic E-state index is 0.539. The van der Waals surface area contributed by atoms with Crippen molar-refractivity contribution in [2.45, 2.75) is 13.8 Å². The van der Waals surface area contributed by atoms with Crippen LogP contribution in [0.25, 0.3) is 21.5 Å². The third kappa shape index (κ3) is 2.81. The molecule has 5 rings (SSSR count). The van der Waals surface area contributed by atoms with E-state index in [4.69, 9.17) is 28.4 Å². The van der Waals surface area contributed by atoms with Crippen LogP contribution in [0, 0.1) is 20.9 Å². The van der Waals surface area contributed by atoms with Gasteiger partial charge in [0.1, 0.15) is 34.5 Å². The van der Waals surface area contributed by atoms with E-state index in [0.29, 0.717) is 13.2 Å². The van der Waals surface area contributed by atoms with Crippen molar-refractivity contribution >= 4 is 21.5 Å². The number of rotatable bonds is 8. The van der Waals surface area contributed by atoms with Crippen molar-refractivity contribution in [2.24, 2.45) is 0 Å². The molecule has 0 bridgehead atoms. The van der Waals surface area contributed by atoms with Gasteiger partial charge in [-0.15, -0.1) is 0 Å². The van der Waals surface area contributed by atoms with Crippen molar-refractivity contribution in [3.05, 3.63) is 57.3 Å². The van der Waals surface area contributed by atoms with Crippen LogP contribution in [0.3, 0.4) is 0 Å². The molecule has 4 aromatic carbocycles. The smallest absolute Gasteiger partial charge is 0.139 e. The van der Waals surface area contributed by atoms with Crippen molar-refractivity contribution in [2.75, 3.05) is 41.7 Å². The van der Waals surface area contributed by atoms with E-state index in [1.807, 2.05) is 50.2 Å². The molecule has 1 aliphatic carbocycles. The fourth-order valence-corrected chi connectivity index (χ4v) is 5.16. The molecule has 6 nitrogen and oxygen atoms in total. The second-order valence-corrected chi connectivity index (χ2v) is 7.86. The van der Waals surface area contributed by atoms with Crippen LogP contribution in [0.5, 0.6) is 34.5 Å². The summed E-state index contributed by atoms with van der Waals surface area (Å²) in [6.07, 6.45) is 0. The van der Waals surface area contributed by atoms with Crippen LogP contribution in [-0.2, 0) is 0 Å². The zero-order valence-corrected chi connectivity index (χ0v) is 20.3. The van der Waals surface area contributed by atoms with Gasteiger partial charge in [0.2, 0.25) is 0 Å². The quantitative estimate of drug-likeness (QED) is 0.296. The van der Waals surface area contributed by atoms with Crippen molar-refractivity contribution in [1.29, 1.82) is 0 Å². The Labute approximate surface area is 197 Å². The van der Waals surface area contributed by atoms with Crippen LogP contribution in [0.1, 0.15) is 13.8 Å². The number of hydrogen-bond donors (Lipinski definition) is 0. The van der Waals surface area contributed by atoms with E-state index in [2.05, 4.69) is 0 Å². The van der Waals surface area contributed by atoms with E-state index >= 15 is 0 Å². The fraction of sp³-hybridized carbons (Fsp3) is 0.286. The highest BCUT2D eigenvalue weighted by molar-refractivity contribution is 6.02. The highest BCUT2D eigenvalue weighted by Gasteiger charge is 2.28. The molecule has 0 saturated heterocycles. The summed E-state index contributed by atoms with van der Waals surface area (Å²) in [7, 11) is 6.73. The van der Waals surface area contributed by atoms with Crippen molar-refractivity contribution in [1.82, 2.24) is 0 Å². The lowest BCUT2D eigenvalue weighted by atomic mass is 9.90. The standard InChI is InChI=1S/C28H28O6/c1-7-33-17-13-9-11-15-19(17)27(31-5)23-21(25(15)29-3)22-24(23)28(32-6)20-16(26(22)30-4)12-10-14-18(20)34-8-2/h9-14H,7-8H2,1-6H3. The molecular weight excluding hydrogens is 432 g/mol. The number of ether oxygens (including phenoxy) is 6. The second-order valence-electron chi connectivity index (χ2n) is 7.86. The Kier molecular flexibility index (Phi) is 5.52. The van der Waals surface area contributed by atoms with E-state index in [-0.39, 0.29) is 0 Å². The first kappa shape index (κ1) is 22.0. The Morgan fingerprint density at radius 2 is 0.853 bits per heavy atom. The predicted octanol–water partition coefficient (Wildman–Crippen LogP) is 5.71. The maximum Gasteiger partial charge on any atom is 0.139 e. The Morgan fingerprint density at radius 3 is 1.18 bits per heavy atom. The molecule has 0 fully saturated rings. The van der Waals surface area contributed by atoms with Gasteiger partial charge in [0, 0.05) is 31.6 Å². The summed E-state index contributed by atoms with van der Waals surface area (Å²) in [6, 6.07) is 11.9. The maximum atomic E-state index is 6.03. The monoisotopic (exact) mass is 460 g/mol. The van der Waals surface area contributed by atoms with Gasteiger partial charge >= 0.3 is 0 Å². The molecule has 0 N–H and O–H groups in total. The molecule has 0 aliphatic heterocycles. The SMILES string of the molecule is CCOc1cccc2c(OC)c3c(c(OC)c12)=c1c(OC)c2c(OCC)cccc2c(OC)c1=3. The lowest BCUT2D eigenvalue weighted by molar-refractivity contribution is 0.340. The van der Waals surface area contributed by atoms with Gasteiger partial charge in [0.15, 0.2) is 0 Å². The first-order chi connectivity index (χ1) is 16.7. The number of benzene rings is 4. The molecule has 0 saturated carbocycles. The highest BCUT2D eigenvalue weighted by atomic mass is 16.5. The third-order valence-electron chi connectivity index (χ3n) is 6.32. The van der Waals surface area contributed by atoms with Gasteiger partial charge in [-0.05, 0) is 26.0 Å². The fourth-order valence-electron chi connectivity index (χ4n) is 5.16.